The number of sulfone groups is 1. The lowest BCUT2D eigenvalue weighted by Crippen LogP contribution is -2.36. The van der Waals surface area contributed by atoms with Gasteiger partial charge in [0.15, 0.2) is 9.84 Å². The van der Waals surface area contributed by atoms with Crippen molar-refractivity contribution in [2.45, 2.75) is 25.5 Å². The molecule has 0 bridgehead atoms. The highest BCUT2D eigenvalue weighted by molar-refractivity contribution is 7.91. The van der Waals surface area contributed by atoms with Gasteiger partial charge in [0.25, 0.3) is 0 Å². The Kier molecular flexibility index (Phi) is 6.34. The van der Waals surface area contributed by atoms with Crippen molar-refractivity contribution in [2.24, 2.45) is 0 Å². The molecule has 27 heavy (non-hydrogen) atoms. The molecule has 1 amide bonds. The molecule has 6 nitrogen and oxygen atoms in total. The minimum atomic E-state index is -2.97. The first kappa shape index (κ1) is 19.2. The smallest absolute Gasteiger partial charge is 0.222 e. The molecule has 1 atom stereocenters. The van der Waals surface area contributed by atoms with Gasteiger partial charge in [0.1, 0.15) is 12.4 Å². The summed E-state index contributed by atoms with van der Waals surface area (Å²) in [5.74, 6) is 0.864. The van der Waals surface area contributed by atoms with E-state index in [1.54, 1.807) is 0 Å². The van der Waals surface area contributed by atoms with Crippen LogP contribution in [0, 0.1) is 0 Å². The van der Waals surface area contributed by atoms with Gasteiger partial charge in [-0.2, -0.15) is 0 Å². The van der Waals surface area contributed by atoms with Gasteiger partial charge < -0.3 is 15.4 Å². The van der Waals surface area contributed by atoms with Crippen LogP contribution in [0.25, 0.3) is 0 Å². The molecular formula is C20H24N2O4S. The van der Waals surface area contributed by atoms with Crippen molar-refractivity contribution in [3.63, 3.8) is 0 Å². The number of nitrogens with one attached hydrogen (secondary N) is 2. The molecule has 0 aliphatic carbocycles. The molecule has 0 saturated carbocycles. The predicted octanol–water partition coefficient (Wildman–Crippen LogP) is 2.37. The Morgan fingerprint density at radius 2 is 1.81 bits per heavy atom. The maximum atomic E-state index is 11.9. The van der Waals surface area contributed by atoms with E-state index in [2.05, 4.69) is 10.6 Å². The third-order valence-corrected chi connectivity index (χ3v) is 6.15. The van der Waals surface area contributed by atoms with Crippen LogP contribution in [-0.4, -0.2) is 38.4 Å². The second kappa shape index (κ2) is 8.90. The Morgan fingerprint density at radius 3 is 2.48 bits per heavy atom. The van der Waals surface area contributed by atoms with Gasteiger partial charge in [0, 0.05) is 24.7 Å². The normalized spacial score (nSPS) is 18.0. The molecule has 1 fully saturated rings. The van der Waals surface area contributed by atoms with E-state index in [4.69, 9.17) is 4.74 Å². The van der Waals surface area contributed by atoms with Gasteiger partial charge >= 0.3 is 0 Å². The van der Waals surface area contributed by atoms with Crippen molar-refractivity contribution in [1.82, 2.24) is 5.32 Å². The molecule has 144 valence electrons. The second-order valence-corrected chi connectivity index (χ2v) is 8.87. The minimum absolute atomic E-state index is 0.0522. The summed E-state index contributed by atoms with van der Waals surface area (Å²) < 4.78 is 28.5. The average molecular weight is 388 g/mol. The fourth-order valence-corrected chi connectivity index (χ4v) is 4.61. The van der Waals surface area contributed by atoms with Gasteiger partial charge in [-0.05, 0) is 36.2 Å². The maximum Gasteiger partial charge on any atom is 0.222 e. The summed E-state index contributed by atoms with van der Waals surface area (Å²) in [7, 11) is -2.97. The molecule has 1 aliphatic heterocycles. The van der Waals surface area contributed by atoms with E-state index in [9.17, 15) is 13.2 Å². The lowest BCUT2D eigenvalue weighted by atomic mass is 10.2. The molecule has 1 unspecified atom stereocenters. The highest BCUT2D eigenvalue weighted by Crippen LogP contribution is 2.17. The van der Waals surface area contributed by atoms with Gasteiger partial charge in [-0.3, -0.25) is 4.79 Å². The van der Waals surface area contributed by atoms with Crippen LogP contribution in [0.15, 0.2) is 54.6 Å². The summed E-state index contributed by atoms with van der Waals surface area (Å²) in [5, 5.41) is 5.97. The quantitative estimate of drug-likeness (QED) is 0.725. The second-order valence-electron chi connectivity index (χ2n) is 6.64. The van der Waals surface area contributed by atoms with Crippen molar-refractivity contribution in [3.05, 3.63) is 60.2 Å². The molecule has 1 aliphatic rings. The van der Waals surface area contributed by atoms with Crippen molar-refractivity contribution in [1.29, 1.82) is 0 Å². The predicted molar refractivity (Wildman–Crippen MR) is 106 cm³/mol. The van der Waals surface area contributed by atoms with Gasteiger partial charge in [-0.1, -0.05) is 30.3 Å². The molecule has 2 N–H and O–H groups in total. The van der Waals surface area contributed by atoms with Gasteiger partial charge in [0.2, 0.25) is 5.91 Å². The van der Waals surface area contributed by atoms with Crippen LogP contribution in [0.2, 0.25) is 0 Å². The van der Waals surface area contributed by atoms with E-state index in [1.165, 1.54) is 0 Å². The minimum Gasteiger partial charge on any atom is -0.489 e. The first-order valence-electron chi connectivity index (χ1n) is 9.01. The highest BCUT2D eigenvalue weighted by atomic mass is 32.2. The Bertz CT molecular complexity index is 851. The largest absolute Gasteiger partial charge is 0.489 e. The molecular weight excluding hydrogens is 364 g/mol. The van der Waals surface area contributed by atoms with Gasteiger partial charge in [0.05, 0.1) is 11.5 Å². The lowest BCUT2D eigenvalue weighted by Gasteiger charge is -2.12. The number of carbonyl (C=O) groups is 1. The number of rotatable bonds is 8. The molecule has 0 spiro atoms. The van der Waals surface area contributed by atoms with Crippen LogP contribution in [0.3, 0.4) is 0 Å². The van der Waals surface area contributed by atoms with E-state index < -0.39 is 9.84 Å². The van der Waals surface area contributed by atoms with Crippen molar-refractivity contribution < 1.29 is 17.9 Å². The van der Waals surface area contributed by atoms with Gasteiger partial charge in [-0.15, -0.1) is 0 Å². The van der Waals surface area contributed by atoms with E-state index in [1.807, 2.05) is 54.6 Å². The molecule has 0 radical (unpaired) electrons. The number of hydrogen-bond donors (Lipinski definition) is 2. The lowest BCUT2D eigenvalue weighted by molar-refractivity contribution is -0.121. The molecule has 7 heteroatoms. The number of anilines is 1. The summed E-state index contributed by atoms with van der Waals surface area (Å²) in [6.45, 7) is 1.00. The summed E-state index contributed by atoms with van der Waals surface area (Å²) >= 11 is 0. The van der Waals surface area contributed by atoms with Crippen LogP contribution in [-0.2, 0) is 21.2 Å². The number of amides is 1. The molecule has 1 saturated heterocycles. The number of hydrogen-bond acceptors (Lipinski definition) is 5. The first-order valence-corrected chi connectivity index (χ1v) is 10.8. The third kappa shape index (κ3) is 6.29. The van der Waals surface area contributed by atoms with Crippen LogP contribution in [0.5, 0.6) is 5.75 Å². The summed E-state index contributed by atoms with van der Waals surface area (Å²) in [6, 6.07) is 17.3. The third-order valence-electron chi connectivity index (χ3n) is 4.38. The van der Waals surface area contributed by atoms with Crippen LogP contribution in [0.4, 0.5) is 5.69 Å². The maximum absolute atomic E-state index is 11.9. The molecule has 3 rings (SSSR count). The van der Waals surface area contributed by atoms with Gasteiger partial charge in [-0.25, -0.2) is 8.42 Å². The Morgan fingerprint density at radius 1 is 1.07 bits per heavy atom. The average Bonchev–Trinajstić information content (AvgIpc) is 3.00. The zero-order chi connectivity index (χ0) is 19.1. The van der Waals surface area contributed by atoms with E-state index in [0.29, 0.717) is 26.0 Å². The zero-order valence-corrected chi connectivity index (χ0v) is 15.9. The van der Waals surface area contributed by atoms with Crippen LogP contribution in [0.1, 0.15) is 18.4 Å². The van der Waals surface area contributed by atoms with E-state index in [0.717, 1.165) is 17.0 Å². The molecule has 2 aromatic carbocycles. The van der Waals surface area contributed by atoms with E-state index in [-0.39, 0.29) is 23.5 Å². The van der Waals surface area contributed by atoms with Crippen molar-refractivity contribution in [2.75, 3.05) is 23.4 Å². The fourth-order valence-electron chi connectivity index (χ4n) is 2.94. The summed E-state index contributed by atoms with van der Waals surface area (Å²) in [4.78, 5) is 11.9. The molecule has 1 heterocycles. The number of benzene rings is 2. The highest BCUT2D eigenvalue weighted by Gasteiger charge is 2.28. The Labute approximate surface area is 159 Å². The zero-order valence-electron chi connectivity index (χ0n) is 15.1. The number of carbonyl (C=O) groups excluding carboxylic acids is 1. The topological polar surface area (TPSA) is 84.5 Å². The Balaban J connectivity index is 1.36. The summed E-state index contributed by atoms with van der Waals surface area (Å²) in [6.07, 6.45) is 0.800. The first-order chi connectivity index (χ1) is 13.0. The van der Waals surface area contributed by atoms with Crippen LogP contribution < -0.4 is 15.4 Å². The molecule has 0 aromatic heterocycles. The summed E-state index contributed by atoms with van der Waals surface area (Å²) in [5.41, 5.74) is 2.01. The van der Waals surface area contributed by atoms with E-state index >= 15 is 0 Å². The Hall–Kier alpha value is -2.54. The fraction of sp³-hybridized carbons (Fsp3) is 0.350. The SMILES string of the molecule is O=C(CCNc1ccc(OCc2ccccc2)cc1)NC1CCS(=O)(=O)C1. The van der Waals surface area contributed by atoms with Crippen molar-refractivity contribution >= 4 is 21.4 Å². The van der Waals surface area contributed by atoms with Crippen molar-refractivity contribution in [3.8, 4) is 5.75 Å². The standard InChI is InChI=1S/C20H24N2O4S/c23-20(22-18-11-13-27(24,25)15-18)10-12-21-17-6-8-19(9-7-17)26-14-16-4-2-1-3-5-16/h1-9,18,21H,10-15H2,(H,22,23). The van der Waals surface area contributed by atoms with Crippen LogP contribution >= 0.6 is 0 Å². The molecule has 2 aromatic rings. The monoisotopic (exact) mass is 388 g/mol. The number of ether oxygens (including phenoxy) is 1.